The second kappa shape index (κ2) is 8.20. The lowest BCUT2D eigenvalue weighted by Gasteiger charge is -2.22. The average Bonchev–Trinajstić information content (AvgIpc) is 3.15. The topological polar surface area (TPSA) is 56.1 Å². The summed E-state index contributed by atoms with van der Waals surface area (Å²) in [7, 11) is 0. The van der Waals surface area contributed by atoms with Gasteiger partial charge in [-0.05, 0) is 61.9 Å². The number of nitrogens with one attached hydrogen (secondary N) is 1. The number of carbonyl (C=O) groups excluding carboxylic acids is 1. The Morgan fingerprint density at radius 3 is 2.56 bits per heavy atom. The van der Waals surface area contributed by atoms with Gasteiger partial charge in [0, 0.05) is 24.8 Å². The highest BCUT2D eigenvalue weighted by Gasteiger charge is 2.18. The summed E-state index contributed by atoms with van der Waals surface area (Å²) in [4.78, 5) is 14.8. The Kier molecular flexibility index (Phi) is 5.75. The molecular weight excluding hydrogens is 310 g/mol. The number of nitrogens with zero attached hydrogens (tertiary/aromatic N) is 2. The molecule has 132 valence electrons. The molecule has 1 aromatic carbocycles. The zero-order valence-corrected chi connectivity index (χ0v) is 15.1. The molecule has 1 saturated heterocycles. The van der Waals surface area contributed by atoms with E-state index < -0.39 is 0 Å². The number of nitriles is 1. The molecule has 3 rings (SSSR count). The molecule has 1 N–H and O–H groups in total. The molecule has 0 unspecified atom stereocenters. The van der Waals surface area contributed by atoms with Gasteiger partial charge in [0.05, 0.1) is 0 Å². The average molecular weight is 337 g/mol. The van der Waals surface area contributed by atoms with E-state index in [0.29, 0.717) is 0 Å². The third-order valence-corrected chi connectivity index (χ3v) is 5.28. The molecule has 25 heavy (non-hydrogen) atoms. The normalized spacial score (nSPS) is 18.9. The molecule has 1 heterocycles. The minimum Gasteiger partial charge on any atom is -0.371 e. The van der Waals surface area contributed by atoms with Gasteiger partial charge in [-0.3, -0.25) is 4.79 Å². The maximum Gasteiger partial charge on any atom is 0.262 e. The number of benzene rings is 1. The summed E-state index contributed by atoms with van der Waals surface area (Å²) >= 11 is 0. The van der Waals surface area contributed by atoms with Gasteiger partial charge in [0.15, 0.2) is 0 Å². The van der Waals surface area contributed by atoms with E-state index in [0.717, 1.165) is 44.3 Å². The SMILES string of the molecule is Cc1cc(/C=C(/C#N)C(=O)NC2CCCCC2)ccc1N1CCCC1. The van der Waals surface area contributed by atoms with Crippen LogP contribution in [0.25, 0.3) is 6.08 Å². The Morgan fingerprint density at radius 1 is 1.20 bits per heavy atom. The summed E-state index contributed by atoms with van der Waals surface area (Å²) in [6.07, 6.45) is 9.82. The van der Waals surface area contributed by atoms with Crippen LogP contribution in [-0.2, 0) is 4.79 Å². The van der Waals surface area contributed by atoms with Gasteiger partial charge in [-0.1, -0.05) is 25.3 Å². The fourth-order valence-corrected chi connectivity index (χ4v) is 3.91. The van der Waals surface area contributed by atoms with E-state index in [9.17, 15) is 10.1 Å². The minimum atomic E-state index is -0.240. The van der Waals surface area contributed by atoms with Gasteiger partial charge in [-0.15, -0.1) is 0 Å². The lowest BCUT2D eigenvalue weighted by Crippen LogP contribution is -2.36. The second-order valence-electron chi connectivity index (χ2n) is 7.22. The summed E-state index contributed by atoms with van der Waals surface area (Å²) < 4.78 is 0. The molecule has 4 heteroatoms. The first-order valence-electron chi connectivity index (χ1n) is 9.45. The fourth-order valence-electron chi connectivity index (χ4n) is 3.91. The van der Waals surface area contributed by atoms with Crippen molar-refractivity contribution in [3.8, 4) is 6.07 Å². The van der Waals surface area contributed by atoms with Crippen LogP contribution in [0.2, 0.25) is 0 Å². The lowest BCUT2D eigenvalue weighted by atomic mass is 9.95. The van der Waals surface area contributed by atoms with E-state index >= 15 is 0 Å². The summed E-state index contributed by atoms with van der Waals surface area (Å²) in [6.45, 7) is 4.33. The summed E-state index contributed by atoms with van der Waals surface area (Å²) in [5.74, 6) is -0.240. The zero-order chi connectivity index (χ0) is 17.6. The van der Waals surface area contributed by atoms with E-state index in [1.807, 2.05) is 6.07 Å². The maximum absolute atomic E-state index is 12.4. The van der Waals surface area contributed by atoms with Crippen molar-refractivity contribution in [3.63, 3.8) is 0 Å². The Labute approximate surface area is 150 Å². The van der Waals surface area contributed by atoms with Gasteiger partial charge in [-0.25, -0.2) is 0 Å². The molecular formula is C21H27N3O. The maximum atomic E-state index is 12.4. The lowest BCUT2D eigenvalue weighted by molar-refractivity contribution is -0.117. The van der Waals surface area contributed by atoms with Crippen LogP contribution in [0.4, 0.5) is 5.69 Å². The molecule has 1 saturated carbocycles. The van der Waals surface area contributed by atoms with Gasteiger partial charge in [0.25, 0.3) is 5.91 Å². The molecule has 4 nitrogen and oxygen atoms in total. The third kappa shape index (κ3) is 4.42. The van der Waals surface area contributed by atoms with Crippen molar-refractivity contribution in [1.82, 2.24) is 5.32 Å². The van der Waals surface area contributed by atoms with Crippen LogP contribution in [0.15, 0.2) is 23.8 Å². The van der Waals surface area contributed by atoms with Crippen LogP contribution in [0.5, 0.6) is 0 Å². The largest absolute Gasteiger partial charge is 0.371 e. The van der Waals surface area contributed by atoms with Crippen molar-refractivity contribution < 1.29 is 4.79 Å². The van der Waals surface area contributed by atoms with Crippen molar-refractivity contribution in [2.75, 3.05) is 18.0 Å². The molecule has 2 fully saturated rings. The van der Waals surface area contributed by atoms with Crippen molar-refractivity contribution >= 4 is 17.7 Å². The number of hydrogen-bond donors (Lipinski definition) is 1. The highest BCUT2D eigenvalue weighted by atomic mass is 16.1. The molecule has 0 bridgehead atoms. The van der Waals surface area contributed by atoms with E-state index in [-0.39, 0.29) is 17.5 Å². The molecule has 0 spiro atoms. The fraction of sp³-hybridized carbons (Fsp3) is 0.524. The first-order valence-corrected chi connectivity index (χ1v) is 9.45. The molecule has 2 aliphatic rings. The predicted octanol–water partition coefficient (Wildman–Crippen LogP) is 3.95. The van der Waals surface area contributed by atoms with Crippen LogP contribution in [0, 0.1) is 18.3 Å². The number of amides is 1. The summed E-state index contributed by atoms with van der Waals surface area (Å²) in [5, 5.41) is 12.4. The Morgan fingerprint density at radius 2 is 1.92 bits per heavy atom. The number of hydrogen-bond acceptors (Lipinski definition) is 3. The molecule has 1 aliphatic carbocycles. The van der Waals surface area contributed by atoms with Gasteiger partial charge < -0.3 is 10.2 Å². The molecule has 1 aliphatic heterocycles. The minimum absolute atomic E-state index is 0.193. The van der Waals surface area contributed by atoms with Crippen LogP contribution >= 0.6 is 0 Å². The van der Waals surface area contributed by atoms with Crippen LogP contribution in [0.3, 0.4) is 0 Å². The molecule has 1 aromatic rings. The van der Waals surface area contributed by atoms with E-state index in [1.54, 1.807) is 6.08 Å². The Balaban J connectivity index is 1.71. The Bertz CT molecular complexity index is 690. The number of carbonyl (C=O) groups is 1. The standard InChI is InChI=1S/C21H27N3O/c1-16-13-17(9-10-20(16)24-11-5-6-12-24)14-18(15-22)21(25)23-19-7-3-2-4-8-19/h9-10,13-14,19H,2-8,11-12H2,1H3,(H,23,25)/b18-14-. The monoisotopic (exact) mass is 337 g/mol. The first-order chi connectivity index (χ1) is 12.2. The van der Waals surface area contributed by atoms with Crippen molar-refractivity contribution in [2.24, 2.45) is 0 Å². The number of anilines is 1. The zero-order valence-electron chi connectivity index (χ0n) is 15.1. The third-order valence-electron chi connectivity index (χ3n) is 5.28. The van der Waals surface area contributed by atoms with Crippen molar-refractivity contribution in [2.45, 2.75) is 57.9 Å². The molecule has 0 radical (unpaired) electrons. The van der Waals surface area contributed by atoms with Gasteiger partial charge in [0.1, 0.15) is 11.6 Å². The van der Waals surface area contributed by atoms with Crippen molar-refractivity contribution in [3.05, 3.63) is 34.9 Å². The van der Waals surface area contributed by atoms with Crippen LogP contribution < -0.4 is 10.2 Å². The first kappa shape index (κ1) is 17.5. The summed E-state index contributed by atoms with van der Waals surface area (Å²) in [5.41, 5.74) is 3.56. The van der Waals surface area contributed by atoms with Crippen molar-refractivity contribution in [1.29, 1.82) is 5.26 Å². The van der Waals surface area contributed by atoms with E-state index in [2.05, 4.69) is 35.3 Å². The van der Waals surface area contributed by atoms with E-state index in [1.165, 1.54) is 30.5 Å². The quantitative estimate of drug-likeness (QED) is 0.668. The van der Waals surface area contributed by atoms with Crippen LogP contribution in [0.1, 0.15) is 56.1 Å². The van der Waals surface area contributed by atoms with Gasteiger partial charge >= 0.3 is 0 Å². The molecule has 0 atom stereocenters. The number of aryl methyl sites for hydroxylation is 1. The van der Waals surface area contributed by atoms with Gasteiger partial charge in [0.2, 0.25) is 0 Å². The highest BCUT2D eigenvalue weighted by Crippen LogP contribution is 2.26. The Hall–Kier alpha value is -2.28. The predicted molar refractivity (Wildman–Crippen MR) is 101 cm³/mol. The summed E-state index contributed by atoms with van der Waals surface area (Å²) in [6, 6.07) is 8.47. The van der Waals surface area contributed by atoms with Gasteiger partial charge in [-0.2, -0.15) is 5.26 Å². The number of rotatable bonds is 4. The molecule has 1 amide bonds. The second-order valence-corrected chi connectivity index (χ2v) is 7.22. The molecule has 0 aromatic heterocycles. The highest BCUT2D eigenvalue weighted by molar-refractivity contribution is 6.01. The smallest absolute Gasteiger partial charge is 0.262 e. The van der Waals surface area contributed by atoms with E-state index in [4.69, 9.17) is 0 Å². The van der Waals surface area contributed by atoms with Crippen LogP contribution in [-0.4, -0.2) is 25.0 Å².